The summed E-state index contributed by atoms with van der Waals surface area (Å²) in [7, 11) is 0. The van der Waals surface area contributed by atoms with Crippen LogP contribution in [-0.4, -0.2) is 29.8 Å². The molecule has 0 aromatic carbocycles. The Labute approximate surface area is 92.4 Å². The number of rotatable bonds is 4. The van der Waals surface area contributed by atoms with E-state index < -0.39 is 0 Å². The maximum atomic E-state index is 11.5. The molecule has 3 N–H and O–H groups in total. The molecule has 4 heteroatoms. The normalized spacial score (nSPS) is 15.6. The number of carbonyl (C=O) groups is 1. The molecule has 0 aliphatic rings. The van der Waals surface area contributed by atoms with Crippen molar-refractivity contribution in [1.29, 1.82) is 0 Å². The number of aliphatic hydroxyl groups excluding tert-OH is 1. The highest BCUT2D eigenvalue weighted by molar-refractivity contribution is 5.74. The lowest BCUT2D eigenvalue weighted by Crippen LogP contribution is -2.49. The lowest BCUT2D eigenvalue weighted by atomic mass is 9.88. The summed E-state index contributed by atoms with van der Waals surface area (Å²) in [4.78, 5) is 11.5. The predicted octanol–water partition coefficient (Wildman–Crippen LogP) is 1.49. The molecule has 2 amide bonds. The van der Waals surface area contributed by atoms with E-state index >= 15 is 0 Å². The van der Waals surface area contributed by atoms with E-state index in [1.54, 1.807) is 0 Å². The Balaban J connectivity index is 4.04. The van der Waals surface area contributed by atoms with Gasteiger partial charge in [0.2, 0.25) is 0 Å². The minimum atomic E-state index is -0.210. The minimum absolute atomic E-state index is 0.0200. The number of nitrogens with one attached hydrogen (secondary N) is 2. The van der Waals surface area contributed by atoms with Crippen LogP contribution in [0.15, 0.2) is 0 Å². The van der Waals surface area contributed by atoms with Gasteiger partial charge in [-0.1, -0.05) is 27.7 Å². The van der Waals surface area contributed by atoms with Crippen molar-refractivity contribution >= 4 is 6.03 Å². The van der Waals surface area contributed by atoms with Crippen molar-refractivity contribution in [3.8, 4) is 0 Å². The summed E-state index contributed by atoms with van der Waals surface area (Å²) < 4.78 is 0. The number of hydrogen-bond acceptors (Lipinski definition) is 2. The zero-order valence-corrected chi connectivity index (χ0v) is 10.4. The zero-order chi connectivity index (χ0) is 12.1. The minimum Gasteiger partial charge on any atom is -0.394 e. The summed E-state index contributed by atoms with van der Waals surface area (Å²) >= 11 is 0. The maximum Gasteiger partial charge on any atom is 0.315 e. The van der Waals surface area contributed by atoms with Gasteiger partial charge in [-0.25, -0.2) is 4.79 Å². The second-order valence-electron chi connectivity index (χ2n) is 4.99. The summed E-state index contributed by atoms with van der Waals surface area (Å²) in [6.07, 6.45) is 0.730. The van der Waals surface area contributed by atoms with Crippen LogP contribution in [0, 0.1) is 5.41 Å². The first-order valence-corrected chi connectivity index (χ1v) is 5.49. The molecule has 0 aromatic rings. The standard InChI is InChI=1S/C11H24N2O2/c1-6-9(7-14)13-10(15)12-8(2)11(3,4)5/h8-9,14H,6-7H2,1-5H3,(H2,12,13,15). The van der Waals surface area contributed by atoms with E-state index in [-0.39, 0.29) is 30.1 Å². The van der Waals surface area contributed by atoms with Gasteiger partial charge in [0.1, 0.15) is 0 Å². The van der Waals surface area contributed by atoms with E-state index in [9.17, 15) is 4.79 Å². The fraction of sp³-hybridized carbons (Fsp3) is 0.909. The third-order valence-corrected chi connectivity index (χ3v) is 2.70. The molecule has 0 rings (SSSR count). The van der Waals surface area contributed by atoms with Gasteiger partial charge in [0.25, 0.3) is 0 Å². The Hall–Kier alpha value is -0.770. The molecule has 2 atom stereocenters. The molecule has 0 aliphatic carbocycles. The van der Waals surface area contributed by atoms with E-state index in [0.29, 0.717) is 0 Å². The van der Waals surface area contributed by atoms with Gasteiger partial charge in [-0.05, 0) is 18.8 Å². The molecule has 2 unspecified atom stereocenters. The molecule has 90 valence electrons. The molecule has 0 aromatic heterocycles. The van der Waals surface area contributed by atoms with Gasteiger partial charge < -0.3 is 15.7 Å². The van der Waals surface area contributed by atoms with Gasteiger partial charge in [0, 0.05) is 6.04 Å². The summed E-state index contributed by atoms with van der Waals surface area (Å²) in [6, 6.07) is -0.274. The predicted molar refractivity (Wildman–Crippen MR) is 61.7 cm³/mol. The third kappa shape index (κ3) is 5.62. The Bertz CT molecular complexity index is 195. The molecular formula is C11H24N2O2. The number of aliphatic hydroxyl groups is 1. The molecule has 0 aliphatic heterocycles. The van der Waals surface area contributed by atoms with Crippen LogP contribution in [0.3, 0.4) is 0 Å². The van der Waals surface area contributed by atoms with Crippen LogP contribution in [0.25, 0.3) is 0 Å². The average molecular weight is 216 g/mol. The van der Waals surface area contributed by atoms with E-state index in [1.807, 2.05) is 13.8 Å². The Morgan fingerprint density at radius 3 is 2.20 bits per heavy atom. The van der Waals surface area contributed by atoms with E-state index in [2.05, 4.69) is 31.4 Å². The van der Waals surface area contributed by atoms with Crippen LogP contribution in [0.5, 0.6) is 0 Å². The van der Waals surface area contributed by atoms with Gasteiger partial charge in [-0.3, -0.25) is 0 Å². The average Bonchev–Trinajstić information content (AvgIpc) is 2.12. The summed E-state index contributed by atoms with van der Waals surface area (Å²) in [5.41, 5.74) is 0.0399. The summed E-state index contributed by atoms with van der Waals surface area (Å²) in [6.45, 7) is 10.1. The molecule has 0 fully saturated rings. The zero-order valence-electron chi connectivity index (χ0n) is 10.4. The third-order valence-electron chi connectivity index (χ3n) is 2.70. The first-order chi connectivity index (χ1) is 6.81. The fourth-order valence-electron chi connectivity index (χ4n) is 0.917. The molecule has 0 saturated carbocycles. The Morgan fingerprint density at radius 1 is 1.33 bits per heavy atom. The maximum absolute atomic E-state index is 11.5. The molecule has 0 bridgehead atoms. The molecule has 0 saturated heterocycles. The molecule has 4 nitrogen and oxygen atoms in total. The van der Waals surface area contributed by atoms with Crippen molar-refractivity contribution in [2.75, 3.05) is 6.61 Å². The first kappa shape index (κ1) is 14.2. The van der Waals surface area contributed by atoms with Crippen LogP contribution in [0.4, 0.5) is 4.79 Å². The quantitative estimate of drug-likeness (QED) is 0.667. The number of hydrogen-bond donors (Lipinski definition) is 3. The topological polar surface area (TPSA) is 61.4 Å². The molecular weight excluding hydrogens is 192 g/mol. The Morgan fingerprint density at radius 2 is 1.87 bits per heavy atom. The second-order valence-corrected chi connectivity index (χ2v) is 4.99. The van der Waals surface area contributed by atoms with Crippen LogP contribution >= 0.6 is 0 Å². The fourth-order valence-corrected chi connectivity index (χ4v) is 0.917. The van der Waals surface area contributed by atoms with Crippen molar-refractivity contribution < 1.29 is 9.90 Å². The Kier molecular flexibility index (Phi) is 5.65. The largest absolute Gasteiger partial charge is 0.394 e. The van der Waals surface area contributed by atoms with Crippen LogP contribution in [0.1, 0.15) is 41.0 Å². The van der Waals surface area contributed by atoms with Gasteiger partial charge in [-0.2, -0.15) is 0 Å². The SMILES string of the molecule is CCC(CO)NC(=O)NC(C)C(C)(C)C. The number of carbonyl (C=O) groups excluding carboxylic acids is 1. The molecule has 0 radical (unpaired) electrons. The van der Waals surface area contributed by atoms with Crippen molar-refractivity contribution in [3.63, 3.8) is 0 Å². The lowest BCUT2D eigenvalue weighted by Gasteiger charge is -2.28. The van der Waals surface area contributed by atoms with E-state index in [1.165, 1.54) is 0 Å². The van der Waals surface area contributed by atoms with Gasteiger partial charge >= 0.3 is 6.03 Å². The molecule has 0 spiro atoms. The number of amides is 2. The summed E-state index contributed by atoms with van der Waals surface area (Å²) in [5.74, 6) is 0. The molecule has 15 heavy (non-hydrogen) atoms. The van der Waals surface area contributed by atoms with Gasteiger partial charge in [-0.15, -0.1) is 0 Å². The lowest BCUT2D eigenvalue weighted by molar-refractivity contribution is 0.203. The smallest absolute Gasteiger partial charge is 0.315 e. The van der Waals surface area contributed by atoms with Gasteiger partial charge in [0.05, 0.1) is 12.6 Å². The van der Waals surface area contributed by atoms with E-state index in [4.69, 9.17) is 5.11 Å². The van der Waals surface area contributed by atoms with Gasteiger partial charge in [0.15, 0.2) is 0 Å². The highest BCUT2D eigenvalue weighted by Gasteiger charge is 2.22. The van der Waals surface area contributed by atoms with Crippen molar-refractivity contribution in [3.05, 3.63) is 0 Å². The van der Waals surface area contributed by atoms with Crippen molar-refractivity contribution in [2.24, 2.45) is 5.41 Å². The first-order valence-electron chi connectivity index (χ1n) is 5.49. The highest BCUT2D eigenvalue weighted by Crippen LogP contribution is 2.18. The van der Waals surface area contributed by atoms with Crippen LogP contribution in [0.2, 0.25) is 0 Å². The van der Waals surface area contributed by atoms with Crippen molar-refractivity contribution in [1.82, 2.24) is 10.6 Å². The number of urea groups is 1. The highest BCUT2D eigenvalue weighted by atomic mass is 16.3. The van der Waals surface area contributed by atoms with Crippen LogP contribution < -0.4 is 10.6 Å². The summed E-state index contributed by atoms with van der Waals surface area (Å²) in [5, 5.41) is 14.5. The molecule has 0 heterocycles. The monoisotopic (exact) mass is 216 g/mol. The van der Waals surface area contributed by atoms with Crippen LogP contribution in [-0.2, 0) is 0 Å². The van der Waals surface area contributed by atoms with E-state index in [0.717, 1.165) is 6.42 Å². The second kappa shape index (κ2) is 5.95. The van der Waals surface area contributed by atoms with Crippen molar-refractivity contribution in [2.45, 2.75) is 53.1 Å².